The SMILES string of the molecule is COc1cccc2[nH]c(C(=O)N3CC4CCCC4C3C(=O)NC(CC3CCNC3=O)C(=O)COP(C)(=O)O)cc12. The van der Waals surface area contributed by atoms with Gasteiger partial charge in [-0.2, -0.15) is 0 Å². The minimum atomic E-state index is -3.93. The zero-order valence-corrected chi connectivity index (χ0v) is 23.4. The first-order valence-electron chi connectivity index (χ1n) is 13.6. The number of nitrogens with one attached hydrogen (secondary N) is 3. The van der Waals surface area contributed by atoms with Crippen molar-refractivity contribution in [1.29, 1.82) is 0 Å². The van der Waals surface area contributed by atoms with Gasteiger partial charge in [0.15, 0.2) is 5.78 Å². The summed E-state index contributed by atoms with van der Waals surface area (Å²) in [5.74, 6) is -1.36. The van der Waals surface area contributed by atoms with E-state index in [0.29, 0.717) is 31.0 Å². The standard InChI is InChI=1S/C27H35N4O8P/c1-38-23-8-4-7-19-18(23)12-21(29-19)27(35)31-13-16-5-3-6-17(16)24(31)26(34)30-20(11-15-9-10-28-25(15)33)22(32)14-39-40(2,36)37/h4,7-8,12,15-17,20,24,29H,3,5-6,9-11,13-14H2,1-2H3,(H,28,33)(H,30,34)(H,36,37). The molecule has 3 aliphatic rings. The van der Waals surface area contributed by atoms with Crippen molar-refractivity contribution in [1.82, 2.24) is 20.5 Å². The molecule has 40 heavy (non-hydrogen) atoms. The van der Waals surface area contributed by atoms with Crippen LogP contribution in [0, 0.1) is 17.8 Å². The van der Waals surface area contributed by atoms with E-state index in [0.717, 1.165) is 36.8 Å². The molecule has 3 heterocycles. The number of methoxy groups -OCH3 is 1. The van der Waals surface area contributed by atoms with E-state index >= 15 is 0 Å². The van der Waals surface area contributed by atoms with Crippen LogP contribution in [0.25, 0.3) is 10.9 Å². The Morgan fingerprint density at radius 2 is 2.05 bits per heavy atom. The quantitative estimate of drug-likeness (QED) is 0.312. The molecule has 1 aromatic heterocycles. The maximum atomic E-state index is 13.8. The Morgan fingerprint density at radius 1 is 1.25 bits per heavy atom. The lowest BCUT2D eigenvalue weighted by molar-refractivity contribution is -0.132. The predicted molar refractivity (Wildman–Crippen MR) is 145 cm³/mol. The summed E-state index contributed by atoms with van der Waals surface area (Å²) in [6.45, 7) is 1.18. The van der Waals surface area contributed by atoms with Crippen molar-refractivity contribution in [2.24, 2.45) is 17.8 Å². The van der Waals surface area contributed by atoms with Gasteiger partial charge in [-0.3, -0.25) is 23.7 Å². The maximum absolute atomic E-state index is 13.8. The van der Waals surface area contributed by atoms with Gasteiger partial charge in [0, 0.05) is 36.6 Å². The Hall–Kier alpha value is -3.21. The fourth-order valence-corrected chi connectivity index (χ4v) is 6.76. The monoisotopic (exact) mass is 574 g/mol. The number of Topliss-reactive ketones (excluding diaryl/α,β-unsaturated/α-hetero) is 1. The van der Waals surface area contributed by atoms with Crippen LogP contribution >= 0.6 is 7.60 Å². The van der Waals surface area contributed by atoms with Gasteiger partial charge in [0.1, 0.15) is 24.1 Å². The fourth-order valence-electron chi connectivity index (χ4n) is 6.39. The molecule has 0 radical (unpaired) electrons. The van der Waals surface area contributed by atoms with Crippen LogP contribution in [-0.2, 0) is 23.5 Å². The Kier molecular flexibility index (Phi) is 8.03. The second-order valence-electron chi connectivity index (χ2n) is 11.0. The second-order valence-corrected chi connectivity index (χ2v) is 12.8. The smallest absolute Gasteiger partial charge is 0.325 e. The highest BCUT2D eigenvalue weighted by atomic mass is 31.2. The summed E-state index contributed by atoms with van der Waals surface area (Å²) in [6.07, 6.45) is 3.18. The van der Waals surface area contributed by atoms with Gasteiger partial charge in [-0.1, -0.05) is 12.5 Å². The number of hydrogen-bond donors (Lipinski definition) is 4. The molecule has 6 unspecified atom stereocenters. The molecule has 3 fully saturated rings. The molecular formula is C27H35N4O8P. The number of benzene rings is 1. The van der Waals surface area contributed by atoms with Gasteiger partial charge in [0.25, 0.3) is 5.91 Å². The van der Waals surface area contributed by atoms with Gasteiger partial charge in [-0.25, -0.2) is 0 Å². The lowest BCUT2D eigenvalue weighted by atomic mass is 9.92. The van der Waals surface area contributed by atoms with Gasteiger partial charge in [0.2, 0.25) is 11.8 Å². The van der Waals surface area contributed by atoms with Crippen LogP contribution in [-0.4, -0.2) is 83.8 Å². The van der Waals surface area contributed by atoms with Gasteiger partial charge in [-0.15, -0.1) is 0 Å². The number of H-pyrrole nitrogens is 1. The first kappa shape index (κ1) is 28.3. The number of rotatable bonds is 10. The van der Waals surface area contributed by atoms with Gasteiger partial charge < -0.3 is 34.7 Å². The summed E-state index contributed by atoms with van der Waals surface area (Å²) in [4.78, 5) is 67.2. The van der Waals surface area contributed by atoms with E-state index in [9.17, 15) is 28.6 Å². The number of hydrogen-bond acceptors (Lipinski definition) is 7. The van der Waals surface area contributed by atoms with Crippen LogP contribution in [0.15, 0.2) is 24.3 Å². The number of ketones is 1. The number of amides is 3. The maximum Gasteiger partial charge on any atom is 0.325 e. The lowest BCUT2D eigenvalue weighted by Crippen LogP contribution is -2.53. The number of carbonyl (C=O) groups is 4. The molecule has 13 heteroatoms. The Labute approximate surface area is 231 Å². The number of likely N-dealkylation sites (tertiary alicyclic amines) is 1. The van der Waals surface area contributed by atoms with Crippen LogP contribution < -0.4 is 15.4 Å². The van der Waals surface area contributed by atoms with Crippen molar-refractivity contribution >= 4 is 42.0 Å². The normalized spacial score (nSPS) is 26.3. The van der Waals surface area contributed by atoms with E-state index in [1.165, 1.54) is 0 Å². The third-order valence-corrected chi connectivity index (χ3v) is 8.94. The molecule has 4 N–H and O–H groups in total. The summed E-state index contributed by atoms with van der Waals surface area (Å²) in [5.41, 5.74) is 1.07. The average Bonchev–Trinajstić information content (AvgIpc) is 3.69. The molecule has 1 saturated carbocycles. The van der Waals surface area contributed by atoms with E-state index in [1.807, 2.05) is 12.1 Å². The van der Waals surface area contributed by atoms with Crippen molar-refractivity contribution in [3.63, 3.8) is 0 Å². The van der Waals surface area contributed by atoms with E-state index in [4.69, 9.17) is 9.26 Å². The first-order valence-corrected chi connectivity index (χ1v) is 15.6. The number of nitrogens with zero attached hydrogens (tertiary/aromatic N) is 1. The lowest BCUT2D eigenvalue weighted by Gasteiger charge is -2.29. The summed E-state index contributed by atoms with van der Waals surface area (Å²) < 4.78 is 21.9. The third kappa shape index (κ3) is 5.80. The van der Waals surface area contributed by atoms with Crippen LogP contribution in [0.1, 0.15) is 42.6 Å². The second kappa shape index (κ2) is 11.3. The number of carbonyl (C=O) groups excluding carboxylic acids is 4. The molecule has 0 bridgehead atoms. The largest absolute Gasteiger partial charge is 0.496 e. The van der Waals surface area contributed by atoms with Crippen LogP contribution in [0.3, 0.4) is 0 Å². The van der Waals surface area contributed by atoms with Crippen LogP contribution in [0.2, 0.25) is 0 Å². The molecule has 2 aromatic rings. The highest BCUT2D eigenvalue weighted by Gasteiger charge is 2.50. The van der Waals surface area contributed by atoms with Crippen molar-refractivity contribution < 1.29 is 37.9 Å². The molecule has 1 aromatic carbocycles. The van der Waals surface area contributed by atoms with Crippen molar-refractivity contribution in [3.8, 4) is 5.75 Å². The van der Waals surface area contributed by atoms with E-state index in [1.54, 1.807) is 24.1 Å². The minimum Gasteiger partial charge on any atom is -0.496 e. The minimum absolute atomic E-state index is 0.0375. The van der Waals surface area contributed by atoms with Gasteiger partial charge in [-0.05, 0) is 55.7 Å². The zero-order valence-electron chi connectivity index (χ0n) is 22.6. The van der Waals surface area contributed by atoms with Crippen LogP contribution in [0.4, 0.5) is 0 Å². The summed E-state index contributed by atoms with van der Waals surface area (Å²) >= 11 is 0. The Balaban J connectivity index is 1.39. The summed E-state index contributed by atoms with van der Waals surface area (Å²) in [6, 6.07) is 5.29. The van der Waals surface area contributed by atoms with Crippen molar-refractivity contribution in [2.45, 2.75) is 44.2 Å². The topological polar surface area (TPSA) is 167 Å². The molecule has 216 valence electrons. The Bertz CT molecular complexity index is 1370. The van der Waals surface area contributed by atoms with Gasteiger partial charge >= 0.3 is 7.60 Å². The number of ether oxygens (including phenoxy) is 1. The number of fused-ring (bicyclic) bond motifs is 2. The van der Waals surface area contributed by atoms with Crippen molar-refractivity contribution in [2.75, 3.05) is 33.5 Å². The summed E-state index contributed by atoms with van der Waals surface area (Å²) in [5, 5.41) is 6.27. The zero-order chi connectivity index (χ0) is 28.6. The molecule has 2 saturated heterocycles. The molecule has 5 rings (SSSR count). The predicted octanol–water partition coefficient (Wildman–Crippen LogP) is 1.83. The Morgan fingerprint density at radius 3 is 2.75 bits per heavy atom. The molecule has 6 atom stereocenters. The molecule has 12 nitrogen and oxygen atoms in total. The molecule has 0 spiro atoms. The molecule has 2 aliphatic heterocycles. The highest BCUT2D eigenvalue weighted by Crippen LogP contribution is 2.43. The molecule has 3 amide bonds. The number of aromatic amines is 1. The highest BCUT2D eigenvalue weighted by molar-refractivity contribution is 7.51. The fraction of sp³-hybridized carbons (Fsp3) is 0.556. The third-order valence-electron chi connectivity index (χ3n) is 8.33. The number of aromatic nitrogens is 1. The average molecular weight is 575 g/mol. The first-order chi connectivity index (χ1) is 19.1. The molecule has 1 aliphatic carbocycles. The van der Waals surface area contributed by atoms with E-state index < -0.39 is 43.9 Å². The van der Waals surface area contributed by atoms with Crippen LogP contribution in [0.5, 0.6) is 5.75 Å². The summed E-state index contributed by atoms with van der Waals surface area (Å²) in [7, 11) is -2.37. The van der Waals surface area contributed by atoms with Crippen molar-refractivity contribution in [3.05, 3.63) is 30.0 Å². The van der Waals surface area contributed by atoms with E-state index in [-0.39, 0.29) is 30.1 Å². The molecular weight excluding hydrogens is 539 g/mol. The van der Waals surface area contributed by atoms with E-state index in [2.05, 4.69) is 15.6 Å². The van der Waals surface area contributed by atoms with Gasteiger partial charge in [0.05, 0.1) is 13.2 Å².